The highest BCUT2D eigenvalue weighted by Gasteiger charge is 2.25. The van der Waals surface area contributed by atoms with Crippen molar-refractivity contribution in [2.24, 2.45) is 5.92 Å². The van der Waals surface area contributed by atoms with Gasteiger partial charge in [-0.15, -0.1) is 0 Å². The SMILES string of the molecule is O=C(NCC1CCN(C(=O)COc2ccccc2)CC1)c1ccccc1[N+](=O)[O-]. The van der Waals surface area contributed by atoms with Gasteiger partial charge in [-0.1, -0.05) is 30.3 Å². The Morgan fingerprint density at radius 3 is 2.41 bits per heavy atom. The van der Waals surface area contributed by atoms with Crippen molar-refractivity contribution in [1.82, 2.24) is 10.2 Å². The van der Waals surface area contributed by atoms with E-state index in [0.29, 0.717) is 25.4 Å². The molecule has 0 unspecified atom stereocenters. The van der Waals surface area contributed by atoms with E-state index in [-0.39, 0.29) is 29.7 Å². The van der Waals surface area contributed by atoms with Crippen LogP contribution in [0.2, 0.25) is 0 Å². The maximum absolute atomic E-state index is 12.3. The molecule has 1 N–H and O–H groups in total. The Bertz CT molecular complexity index is 864. The van der Waals surface area contributed by atoms with Crippen LogP contribution in [0.4, 0.5) is 5.69 Å². The molecule has 8 nitrogen and oxygen atoms in total. The lowest BCUT2D eigenvalue weighted by molar-refractivity contribution is -0.385. The van der Waals surface area contributed by atoms with Crippen LogP contribution >= 0.6 is 0 Å². The van der Waals surface area contributed by atoms with Crippen LogP contribution in [0.25, 0.3) is 0 Å². The lowest BCUT2D eigenvalue weighted by Gasteiger charge is -2.32. The van der Waals surface area contributed by atoms with Gasteiger partial charge in [-0.05, 0) is 37.0 Å². The van der Waals surface area contributed by atoms with Gasteiger partial charge < -0.3 is 15.0 Å². The predicted octanol–water partition coefficient (Wildman–Crippen LogP) is 2.64. The first kappa shape index (κ1) is 20.3. The summed E-state index contributed by atoms with van der Waals surface area (Å²) in [6, 6.07) is 15.1. The molecule has 0 aliphatic carbocycles. The van der Waals surface area contributed by atoms with Crippen molar-refractivity contribution in [1.29, 1.82) is 0 Å². The van der Waals surface area contributed by atoms with E-state index in [1.165, 1.54) is 18.2 Å². The third kappa shape index (κ3) is 5.54. The third-order valence-electron chi connectivity index (χ3n) is 4.97. The van der Waals surface area contributed by atoms with Crippen molar-refractivity contribution in [2.45, 2.75) is 12.8 Å². The summed E-state index contributed by atoms with van der Waals surface area (Å²) < 4.78 is 5.50. The molecule has 0 atom stereocenters. The number of amides is 2. The summed E-state index contributed by atoms with van der Waals surface area (Å²) in [6.07, 6.45) is 1.52. The number of carbonyl (C=O) groups is 2. The molecule has 0 radical (unpaired) electrons. The molecule has 1 saturated heterocycles. The molecule has 1 aliphatic rings. The molecular weight excluding hydrogens is 374 g/mol. The first-order chi connectivity index (χ1) is 14.0. The predicted molar refractivity (Wildman–Crippen MR) is 107 cm³/mol. The van der Waals surface area contributed by atoms with Crippen LogP contribution in [0.3, 0.4) is 0 Å². The average molecular weight is 397 g/mol. The molecule has 2 aromatic rings. The summed E-state index contributed by atoms with van der Waals surface area (Å²) in [6.45, 7) is 1.63. The smallest absolute Gasteiger partial charge is 0.282 e. The summed E-state index contributed by atoms with van der Waals surface area (Å²) in [5, 5.41) is 13.8. The van der Waals surface area contributed by atoms with Crippen LogP contribution in [0.15, 0.2) is 54.6 Å². The van der Waals surface area contributed by atoms with Crippen molar-refractivity contribution in [3.05, 3.63) is 70.3 Å². The molecule has 0 bridgehead atoms. The number of likely N-dealkylation sites (tertiary alicyclic amines) is 1. The second kappa shape index (κ2) is 9.68. The van der Waals surface area contributed by atoms with E-state index in [2.05, 4.69) is 5.32 Å². The van der Waals surface area contributed by atoms with Gasteiger partial charge in [-0.3, -0.25) is 19.7 Å². The monoisotopic (exact) mass is 397 g/mol. The molecule has 8 heteroatoms. The summed E-state index contributed by atoms with van der Waals surface area (Å²) >= 11 is 0. The summed E-state index contributed by atoms with van der Waals surface area (Å²) in [5.41, 5.74) is -0.146. The Morgan fingerprint density at radius 1 is 1.07 bits per heavy atom. The fourth-order valence-corrected chi connectivity index (χ4v) is 3.30. The Balaban J connectivity index is 1.42. The van der Waals surface area contributed by atoms with Crippen LogP contribution < -0.4 is 10.1 Å². The number of nitrogens with zero attached hydrogens (tertiary/aromatic N) is 2. The van der Waals surface area contributed by atoms with Gasteiger partial charge in [0, 0.05) is 25.7 Å². The number of rotatable bonds is 7. The molecule has 0 aromatic heterocycles. The molecule has 1 aliphatic heterocycles. The van der Waals surface area contributed by atoms with Crippen LogP contribution in [-0.4, -0.2) is 47.9 Å². The zero-order valence-electron chi connectivity index (χ0n) is 16.0. The summed E-state index contributed by atoms with van der Waals surface area (Å²) in [4.78, 5) is 36.9. The Hall–Kier alpha value is -3.42. The summed E-state index contributed by atoms with van der Waals surface area (Å²) in [7, 11) is 0. The van der Waals surface area contributed by atoms with E-state index < -0.39 is 10.8 Å². The van der Waals surface area contributed by atoms with E-state index in [0.717, 1.165) is 12.8 Å². The molecule has 1 heterocycles. The van der Waals surface area contributed by atoms with Gasteiger partial charge in [0.15, 0.2) is 6.61 Å². The van der Waals surface area contributed by atoms with E-state index in [1.807, 2.05) is 18.2 Å². The first-order valence-corrected chi connectivity index (χ1v) is 9.52. The lowest BCUT2D eigenvalue weighted by Crippen LogP contribution is -2.43. The molecular formula is C21H23N3O5. The first-order valence-electron chi connectivity index (χ1n) is 9.52. The molecule has 0 spiro atoms. The number of benzene rings is 2. The van der Waals surface area contributed by atoms with Crippen LogP contribution in [0, 0.1) is 16.0 Å². The number of ether oxygens (including phenoxy) is 1. The normalized spacial score (nSPS) is 14.3. The number of nitro benzene ring substituents is 1. The van der Waals surface area contributed by atoms with Gasteiger partial charge in [0.2, 0.25) is 0 Å². The number of nitrogens with one attached hydrogen (secondary N) is 1. The highest BCUT2D eigenvalue weighted by Crippen LogP contribution is 2.19. The molecule has 2 aromatic carbocycles. The minimum absolute atomic E-state index is 0.00307. The largest absolute Gasteiger partial charge is 0.484 e. The zero-order chi connectivity index (χ0) is 20.6. The van der Waals surface area contributed by atoms with Gasteiger partial charge in [0.1, 0.15) is 11.3 Å². The maximum Gasteiger partial charge on any atom is 0.282 e. The summed E-state index contributed by atoms with van der Waals surface area (Å²) in [5.74, 6) is 0.373. The van der Waals surface area contributed by atoms with E-state index in [1.54, 1.807) is 23.1 Å². The number of piperidine rings is 1. The molecule has 29 heavy (non-hydrogen) atoms. The Labute approximate surface area is 168 Å². The number of para-hydroxylation sites is 2. The molecule has 1 fully saturated rings. The van der Waals surface area contributed by atoms with Crippen molar-refractivity contribution >= 4 is 17.5 Å². The minimum atomic E-state index is -0.559. The van der Waals surface area contributed by atoms with Gasteiger partial charge in [0.05, 0.1) is 4.92 Å². The lowest BCUT2D eigenvalue weighted by atomic mass is 9.96. The molecule has 152 valence electrons. The van der Waals surface area contributed by atoms with Crippen molar-refractivity contribution in [3.8, 4) is 5.75 Å². The zero-order valence-corrected chi connectivity index (χ0v) is 16.0. The fourth-order valence-electron chi connectivity index (χ4n) is 3.30. The number of nitro groups is 1. The minimum Gasteiger partial charge on any atom is -0.484 e. The van der Waals surface area contributed by atoms with E-state index >= 15 is 0 Å². The highest BCUT2D eigenvalue weighted by molar-refractivity contribution is 5.98. The number of hydrogen-bond donors (Lipinski definition) is 1. The molecule has 0 saturated carbocycles. The van der Waals surface area contributed by atoms with Gasteiger partial charge in [0.25, 0.3) is 17.5 Å². The van der Waals surface area contributed by atoms with Crippen molar-refractivity contribution < 1.29 is 19.2 Å². The van der Waals surface area contributed by atoms with Crippen LogP contribution in [0.5, 0.6) is 5.75 Å². The van der Waals surface area contributed by atoms with Gasteiger partial charge >= 0.3 is 0 Å². The molecule has 3 rings (SSSR count). The van der Waals surface area contributed by atoms with E-state index in [4.69, 9.17) is 4.74 Å². The van der Waals surface area contributed by atoms with Crippen LogP contribution in [0.1, 0.15) is 23.2 Å². The van der Waals surface area contributed by atoms with Gasteiger partial charge in [-0.2, -0.15) is 0 Å². The maximum atomic E-state index is 12.3. The van der Waals surface area contributed by atoms with Gasteiger partial charge in [-0.25, -0.2) is 0 Å². The topological polar surface area (TPSA) is 102 Å². The second-order valence-corrected chi connectivity index (χ2v) is 6.91. The van der Waals surface area contributed by atoms with Crippen molar-refractivity contribution in [3.63, 3.8) is 0 Å². The highest BCUT2D eigenvalue weighted by atomic mass is 16.6. The quantitative estimate of drug-likeness (QED) is 0.572. The number of carbonyl (C=O) groups excluding carboxylic acids is 2. The number of hydrogen-bond acceptors (Lipinski definition) is 5. The molecule has 2 amide bonds. The second-order valence-electron chi connectivity index (χ2n) is 6.91. The average Bonchev–Trinajstić information content (AvgIpc) is 2.76. The van der Waals surface area contributed by atoms with Crippen molar-refractivity contribution in [2.75, 3.05) is 26.2 Å². The standard InChI is InChI=1S/C21H23N3O5/c25-20(15-29-17-6-2-1-3-7-17)23-12-10-16(11-13-23)14-22-21(26)18-8-4-5-9-19(18)24(27)28/h1-9,16H,10-15H2,(H,22,26). The van der Waals surface area contributed by atoms with Crippen LogP contribution in [-0.2, 0) is 4.79 Å². The fraction of sp³-hybridized carbons (Fsp3) is 0.333. The Morgan fingerprint density at radius 2 is 1.72 bits per heavy atom. The Kier molecular flexibility index (Phi) is 6.78. The van der Waals surface area contributed by atoms with E-state index in [9.17, 15) is 19.7 Å². The third-order valence-corrected chi connectivity index (χ3v) is 4.97.